The number of para-hydroxylation sites is 1. The smallest absolute Gasteiger partial charge is 0.264 e. The van der Waals surface area contributed by atoms with Crippen molar-refractivity contribution in [3.05, 3.63) is 71.9 Å². The highest BCUT2D eigenvalue weighted by atomic mass is 32.2. The van der Waals surface area contributed by atoms with Gasteiger partial charge in [-0.15, -0.1) is 0 Å². The predicted molar refractivity (Wildman–Crippen MR) is 143 cm³/mol. The van der Waals surface area contributed by atoms with Crippen LogP contribution >= 0.6 is 0 Å². The number of hydrogen-bond donors (Lipinski definition) is 0. The second-order valence-corrected chi connectivity index (χ2v) is 11.2. The highest BCUT2D eigenvalue weighted by molar-refractivity contribution is 7.89. The Hall–Kier alpha value is -3.78. The van der Waals surface area contributed by atoms with Crippen molar-refractivity contribution in [2.75, 3.05) is 39.4 Å². The van der Waals surface area contributed by atoms with Crippen LogP contribution in [0, 0.1) is 11.3 Å². The highest BCUT2D eigenvalue weighted by Crippen LogP contribution is 2.29. The summed E-state index contributed by atoms with van der Waals surface area (Å²) in [6, 6.07) is 18.2. The van der Waals surface area contributed by atoms with E-state index in [0.717, 1.165) is 24.9 Å². The van der Waals surface area contributed by atoms with Crippen molar-refractivity contribution in [2.24, 2.45) is 0 Å². The molecule has 0 aliphatic carbocycles. The van der Waals surface area contributed by atoms with Gasteiger partial charge in [-0.3, -0.25) is 4.79 Å². The monoisotopic (exact) mass is 531 g/mol. The average Bonchev–Trinajstić information content (AvgIpc) is 3.41. The van der Waals surface area contributed by atoms with E-state index in [9.17, 15) is 18.5 Å². The van der Waals surface area contributed by atoms with E-state index in [0.29, 0.717) is 56.2 Å². The van der Waals surface area contributed by atoms with E-state index in [1.54, 1.807) is 46.1 Å². The van der Waals surface area contributed by atoms with Gasteiger partial charge < -0.3 is 9.64 Å². The number of nitrogens with zero attached hydrogens (tertiary/aromatic N) is 5. The molecular formula is C28H29N5O4S. The zero-order valence-corrected chi connectivity index (χ0v) is 21.8. The van der Waals surface area contributed by atoms with Crippen LogP contribution in [0.2, 0.25) is 0 Å². The van der Waals surface area contributed by atoms with Crippen LogP contribution in [0.25, 0.3) is 23.0 Å². The summed E-state index contributed by atoms with van der Waals surface area (Å²) in [5, 5.41) is 14.6. The fraction of sp³-hybridized carbons (Fsp3) is 0.321. The molecule has 38 heavy (non-hydrogen) atoms. The van der Waals surface area contributed by atoms with E-state index in [2.05, 4.69) is 6.07 Å². The standard InChI is InChI=1S/C28H29N5O4S/c29-20-23(28(34)31-12-5-2-6-13-31)18-24-21-33(25-9-3-1-4-10-25)30-27(24)22-8-7-11-26(19-22)38(35,36)32-14-16-37-17-15-32/h1,3-4,7-11,18-19,21H,2,5-6,12-17H2. The Labute approximate surface area is 222 Å². The van der Waals surface area contributed by atoms with Crippen LogP contribution in [-0.2, 0) is 19.6 Å². The Bertz CT molecular complexity index is 1480. The van der Waals surface area contributed by atoms with Crippen LogP contribution < -0.4 is 0 Å². The molecule has 3 heterocycles. The lowest BCUT2D eigenvalue weighted by atomic mass is 10.0. The number of rotatable bonds is 6. The third kappa shape index (κ3) is 5.41. The average molecular weight is 532 g/mol. The molecule has 0 N–H and O–H groups in total. The van der Waals surface area contributed by atoms with Crippen LogP contribution in [0.4, 0.5) is 0 Å². The number of hydrogen-bond acceptors (Lipinski definition) is 6. The van der Waals surface area contributed by atoms with Crippen molar-refractivity contribution < 1.29 is 17.9 Å². The van der Waals surface area contributed by atoms with Gasteiger partial charge >= 0.3 is 0 Å². The van der Waals surface area contributed by atoms with Crippen molar-refractivity contribution in [1.82, 2.24) is 19.0 Å². The number of benzene rings is 2. The molecule has 9 nitrogen and oxygen atoms in total. The Balaban J connectivity index is 1.57. The molecule has 5 rings (SSSR count). The van der Waals surface area contributed by atoms with Crippen LogP contribution in [-0.4, -0.2) is 72.7 Å². The van der Waals surface area contributed by atoms with Crippen LogP contribution in [0.1, 0.15) is 24.8 Å². The molecule has 2 aliphatic rings. The van der Waals surface area contributed by atoms with Gasteiger partial charge in [0.25, 0.3) is 5.91 Å². The zero-order chi connectivity index (χ0) is 26.5. The molecule has 1 aromatic heterocycles. The number of amides is 1. The Morgan fingerprint density at radius 1 is 0.974 bits per heavy atom. The molecule has 0 atom stereocenters. The van der Waals surface area contributed by atoms with Gasteiger partial charge in [0.05, 0.1) is 23.8 Å². The molecule has 0 saturated carbocycles. The number of carbonyl (C=O) groups is 1. The van der Waals surface area contributed by atoms with Gasteiger partial charge in [-0.05, 0) is 49.6 Å². The van der Waals surface area contributed by atoms with Gasteiger partial charge in [0.2, 0.25) is 10.0 Å². The molecule has 0 spiro atoms. The van der Waals surface area contributed by atoms with E-state index in [-0.39, 0.29) is 16.4 Å². The maximum atomic E-state index is 13.3. The lowest BCUT2D eigenvalue weighted by molar-refractivity contribution is -0.127. The van der Waals surface area contributed by atoms with Crippen molar-refractivity contribution in [3.8, 4) is 23.0 Å². The number of ether oxygens (including phenoxy) is 1. The van der Waals surface area contributed by atoms with Gasteiger partial charge in [-0.1, -0.05) is 30.3 Å². The van der Waals surface area contributed by atoms with E-state index < -0.39 is 10.0 Å². The van der Waals surface area contributed by atoms with Crippen molar-refractivity contribution in [1.29, 1.82) is 5.26 Å². The third-order valence-electron chi connectivity index (χ3n) is 6.77. The number of piperidine rings is 1. The lowest BCUT2D eigenvalue weighted by Crippen LogP contribution is -2.40. The van der Waals surface area contributed by atoms with Gasteiger partial charge in [0.1, 0.15) is 17.3 Å². The number of aromatic nitrogens is 2. The zero-order valence-electron chi connectivity index (χ0n) is 21.0. The van der Waals surface area contributed by atoms with Crippen LogP contribution in [0.5, 0.6) is 0 Å². The molecule has 2 fully saturated rings. The molecule has 2 saturated heterocycles. The van der Waals surface area contributed by atoms with Crippen molar-refractivity contribution in [3.63, 3.8) is 0 Å². The minimum absolute atomic E-state index is 0.0258. The topological polar surface area (TPSA) is 109 Å². The number of likely N-dealkylation sites (tertiary alicyclic amines) is 1. The van der Waals surface area contributed by atoms with Gasteiger partial charge in [-0.2, -0.15) is 14.7 Å². The molecule has 3 aromatic rings. The minimum Gasteiger partial charge on any atom is -0.379 e. The first-order chi connectivity index (χ1) is 18.5. The summed E-state index contributed by atoms with van der Waals surface area (Å²) in [6.07, 6.45) is 6.24. The quantitative estimate of drug-likeness (QED) is 0.356. The fourth-order valence-electron chi connectivity index (χ4n) is 4.73. The first-order valence-electron chi connectivity index (χ1n) is 12.7. The Kier molecular flexibility index (Phi) is 7.69. The highest BCUT2D eigenvalue weighted by Gasteiger charge is 2.27. The lowest BCUT2D eigenvalue weighted by Gasteiger charge is -2.26. The van der Waals surface area contributed by atoms with E-state index in [1.165, 1.54) is 4.31 Å². The van der Waals surface area contributed by atoms with Gasteiger partial charge in [-0.25, -0.2) is 13.1 Å². The number of morpholine rings is 1. The first kappa shape index (κ1) is 25.9. The van der Waals surface area contributed by atoms with Crippen molar-refractivity contribution in [2.45, 2.75) is 24.2 Å². The largest absolute Gasteiger partial charge is 0.379 e. The molecule has 2 aromatic carbocycles. The summed E-state index contributed by atoms with van der Waals surface area (Å²) < 4.78 is 35.0. The minimum atomic E-state index is -3.72. The molecule has 1 amide bonds. The Morgan fingerprint density at radius 3 is 2.42 bits per heavy atom. The second kappa shape index (κ2) is 11.3. The molecule has 0 unspecified atom stereocenters. The summed E-state index contributed by atoms with van der Waals surface area (Å²) >= 11 is 0. The Morgan fingerprint density at radius 2 is 1.71 bits per heavy atom. The number of nitriles is 1. The van der Waals surface area contributed by atoms with E-state index >= 15 is 0 Å². The summed E-state index contributed by atoms with van der Waals surface area (Å²) in [4.78, 5) is 15.0. The summed E-state index contributed by atoms with van der Waals surface area (Å²) in [7, 11) is -3.72. The molecule has 0 radical (unpaired) electrons. The SMILES string of the molecule is N#CC(=Cc1cn(-c2ccccc2)nc1-c1cccc(S(=O)(=O)N2CCOCC2)c1)C(=O)N1CCCCC1. The van der Waals surface area contributed by atoms with Crippen molar-refractivity contribution >= 4 is 22.0 Å². The van der Waals surface area contributed by atoms with Crippen LogP contribution in [0.15, 0.2) is 71.3 Å². The molecular weight excluding hydrogens is 502 g/mol. The fourth-order valence-corrected chi connectivity index (χ4v) is 6.19. The summed E-state index contributed by atoms with van der Waals surface area (Å²) in [6.45, 7) is 2.58. The summed E-state index contributed by atoms with van der Waals surface area (Å²) in [5.41, 5.74) is 2.43. The van der Waals surface area contributed by atoms with E-state index in [4.69, 9.17) is 9.84 Å². The normalized spacial score (nSPS) is 17.2. The number of sulfonamides is 1. The molecule has 196 valence electrons. The summed E-state index contributed by atoms with van der Waals surface area (Å²) in [5.74, 6) is -0.297. The first-order valence-corrected chi connectivity index (χ1v) is 14.2. The van der Waals surface area contributed by atoms with Gasteiger partial charge in [0, 0.05) is 43.5 Å². The molecule has 10 heteroatoms. The predicted octanol–water partition coefficient (Wildman–Crippen LogP) is 3.48. The van der Waals surface area contributed by atoms with Gasteiger partial charge in [0.15, 0.2) is 0 Å². The third-order valence-corrected chi connectivity index (χ3v) is 8.67. The second-order valence-electron chi connectivity index (χ2n) is 9.28. The maximum Gasteiger partial charge on any atom is 0.264 e. The van der Waals surface area contributed by atoms with E-state index in [1.807, 2.05) is 30.3 Å². The maximum absolute atomic E-state index is 13.3. The molecule has 2 aliphatic heterocycles. The van der Waals surface area contributed by atoms with Crippen LogP contribution in [0.3, 0.4) is 0 Å². The molecule has 0 bridgehead atoms. The number of carbonyl (C=O) groups excluding carboxylic acids is 1.